The molecule has 0 radical (unpaired) electrons. The Bertz CT molecular complexity index is 1040. The van der Waals surface area contributed by atoms with Crippen LogP contribution >= 0.6 is 0 Å². The Morgan fingerprint density at radius 2 is 1.38 bits per heavy atom. The van der Waals surface area contributed by atoms with Crippen molar-refractivity contribution in [3.63, 3.8) is 0 Å². The monoisotopic (exact) mass is 427 g/mol. The van der Waals surface area contributed by atoms with Gasteiger partial charge in [0.15, 0.2) is 0 Å². The number of amides is 1. The lowest BCUT2D eigenvalue weighted by Crippen LogP contribution is -2.49. The molecule has 0 aliphatic carbocycles. The summed E-state index contributed by atoms with van der Waals surface area (Å²) in [5.41, 5.74) is 3.03. The normalized spacial score (nSPS) is 16.8. The van der Waals surface area contributed by atoms with Crippen LogP contribution in [0.15, 0.2) is 66.9 Å². The first-order valence-electron chi connectivity index (χ1n) is 11.6. The highest BCUT2D eigenvalue weighted by molar-refractivity contribution is 5.95. The molecule has 2 aliphatic rings. The summed E-state index contributed by atoms with van der Waals surface area (Å²) in [6.45, 7) is 5.03. The van der Waals surface area contributed by atoms with Gasteiger partial charge in [0.2, 0.25) is 5.95 Å². The molecule has 2 aromatic carbocycles. The molecule has 1 amide bonds. The van der Waals surface area contributed by atoms with Crippen LogP contribution in [0.5, 0.6) is 0 Å². The van der Waals surface area contributed by atoms with Crippen molar-refractivity contribution in [2.45, 2.75) is 19.3 Å². The van der Waals surface area contributed by atoms with E-state index in [1.54, 1.807) is 0 Å². The van der Waals surface area contributed by atoms with Crippen LogP contribution in [-0.4, -0.2) is 60.0 Å². The van der Waals surface area contributed by atoms with Gasteiger partial charge in [0.05, 0.1) is 0 Å². The second kappa shape index (κ2) is 9.39. The maximum Gasteiger partial charge on any atom is 0.253 e. The van der Waals surface area contributed by atoms with Crippen LogP contribution in [0.25, 0.3) is 11.1 Å². The van der Waals surface area contributed by atoms with Gasteiger partial charge in [-0.25, -0.2) is 4.98 Å². The van der Waals surface area contributed by atoms with Crippen LogP contribution in [0.4, 0.5) is 11.8 Å². The Kier molecular flexibility index (Phi) is 6.01. The van der Waals surface area contributed by atoms with Crippen LogP contribution in [0, 0.1) is 0 Å². The summed E-state index contributed by atoms with van der Waals surface area (Å²) in [4.78, 5) is 28.8. The molecule has 0 N–H and O–H groups in total. The van der Waals surface area contributed by atoms with Gasteiger partial charge in [-0.3, -0.25) is 4.79 Å². The lowest BCUT2D eigenvalue weighted by molar-refractivity contribution is 0.0746. The molecule has 3 aromatic rings. The molecule has 0 unspecified atom stereocenters. The molecule has 0 bridgehead atoms. The molecule has 0 atom stereocenters. The summed E-state index contributed by atoms with van der Waals surface area (Å²) in [5.74, 6) is 1.89. The molecule has 164 valence electrons. The van der Waals surface area contributed by atoms with E-state index >= 15 is 0 Å². The largest absolute Gasteiger partial charge is 0.353 e. The van der Waals surface area contributed by atoms with Gasteiger partial charge in [-0.2, -0.15) is 4.98 Å². The minimum absolute atomic E-state index is 0.0981. The van der Waals surface area contributed by atoms with Gasteiger partial charge in [-0.15, -0.1) is 0 Å². The molecule has 1 aromatic heterocycles. The lowest BCUT2D eigenvalue weighted by atomic mass is 10.0. The number of hydrogen-bond donors (Lipinski definition) is 0. The van der Waals surface area contributed by atoms with E-state index in [0.717, 1.165) is 54.6 Å². The number of aromatic nitrogens is 2. The molecule has 5 rings (SSSR count). The second-order valence-corrected chi connectivity index (χ2v) is 8.49. The minimum Gasteiger partial charge on any atom is -0.353 e. The standard InChI is InChI=1S/C26H29N5O/c32-25(23-11-9-22(10-12-23)21-7-3-1-4-8-21)30-19-17-29(18-20-30)24-13-14-27-26(28-24)31-15-5-2-6-16-31/h1,3-4,7-14H,2,5-6,15-20H2. The van der Waals surface area contributed by atoms with Crippen LogP contribution in [0.1, 0.15) is 29.6 Å². The van der Waals surface area contributed by atoms with Gasteiger partial charge in [0.25, 0.3) is 5.91 Å². The predicted molar refractivity (Wildman–Crippen MR) is 128 cm³/mol. The average Bonchev–Trinajstić information content (AvgIpc) is 2.89. The third kappa shape index (κ3) is 4.44. The maximum atomic E-state index is 13.0. The molecule has 3 heterocycles. The van der Waals surface area contributed by atoms with Gasteiger partial charge in [-0.1, -0.05) is 42.5 Å². The van der Waals surface area contributed by atoms with Crippen molar-refractivity contribution in [3.05, 3.63) is 72.4 Å². The molecular weight excluding hydrogens is 398 g/mol. The van der Waals surface area contributed by atoms with Crippen molar-refractivity contribution in [1.29, 1.82) is 0 Å². The van der Waals surface area contributed by atoms with Crippen LogP contribution in [-0.2, 0) is 0 Å². The fourth-order valence-corrected chi connectivity index (χ4v) is 4.52. The zero-order valence-electron chi connectivity index (χ0n) is 18.4. The van der Waals surface area contributed by atoms with E-state index in [9.17, 15) is 4.79 Å². The summed E-state index contributed by atoms with van der Waals surface area (Å²) in [7, 11) is 0. The van der Waals surface area contributed by atoms with Crippen LogP contribution in [0.2, 0.25) is 0 Å². The fraction of sp³-hybridized carbons (Fsp3) is 0.346. The topological polar surface area (TPSA) is 52.6 Å². The van der Waals surface area contributed by atoms with E-state index in [-0.39, 0.29) is 5.91 Å². The van der Waals surface area contributed by atoms with E-state index in [1.807, 2.05) is 59.6 Å². The van der Waals surface area contributed by atoms with Gasteiger partial charge in [0, 0.05) is 51.0 Å². The highest BCUT2D eigenvalue weighted by Crippen LogP contribution is 2.22. The highest BCUT2D eigenvalue weighted by atomic mass is 16.2. The van der Waals surface area contributed by atoms with Crippen molar-refractivity contribution >= 4 is 17.7 Å². The molecule has 6 heteroatoms. The summed E-state index contributed by atoms with van der Waals surface area (Å²) in [5, 5.41) is 0. The Labute approximate surface area is 189 Å². The van der Waals surface area contributed by atoms with Gasteiger partial charge < -0.3 is 14.7 Å². The molecule has 32 heavy (non-hydrogen) atoms. The minimum atomic E-state index is 0.0981. The van der Waals surface area contributed by atoms with Crippen molar-refractivity contribution in [2.24, 2.45) is 0 Å². The number of rotatable bonds is 4. The first kappa shape index (κ1) is 20.5. The lowest BCUT2D eigenvalue weighted by Gasteiger charge is -2.36. The van der Waals surface area contributed by atoms with Gasteiger partial charge in [0.1, 0.15) is 5.82 Å². The molecule has 2 saturated heterocycles. The van der Waals surface area contributed by atoms with E-state index in [2.05, 4.69) is 26.9 Å². The number of carbonyl (C=O) groups excluding carboxylic acids is 1. The zero-order valence-corrected chi connectivity index (χ0v) is 18.4. The quantitative estimate of drug-likeness (QED) is 0.628. The zero-order chi connectivity index (χ0) is 21.8. The van der Waals surface area contributed by atoms with E-state index < -0.39 is 0 Å². The van der Waals surface area contributed by atoms with Crippen molar-refractivity contribution in [2.75, 3.05) is 49.1 Å². The molecule has 0 spiro atoms. The number of anilines is 2. The average molecular weight is 428 g/mol. The van der Waals surface area contributed by atoms with E-state index in [4.69, 9.17) is 4.98 Å². The molecule has 2 aliphatic heterocycles. The summed E-state index contributed by atoms with van der Waals surface area (Å²) in [6, 6.07) is 20.1. The Hall–Kier alpha value is -3.41. The fourth-order valence-electron chi connectivity index (χ4n) is 4.52. The Balaban J connectivity index is 1.21. The first-order chi connectivity index (χ1) is 15.8. The van der Waals surface area contributed by atoms with Gasteiger partial charge >= 0.3 is 0 Å². The maximum absolute atomic E-state index is 13.0. The summed E-state index contributed by atoms with van der Waals surface area (Å²) < 4.78 is 0. The predicted octanol–water partition coefficient (Wildman–Crippen LogP) is 4.10. The third-order valence-electron chi connectivity index (χ3n) is 6.40. The number of benzene rings is 2. The van der Waals surface area contributed by atoms with Crippen LogP contribution in [0.3, 0.4) is 0 Å². The van der Waals surface area contributed by atoms with E-state index in [0.29, 0.717) is 13.1 Å². The third-order valence-corrected chi connectivity index (χ3v) is 6.40. The number of piperazine rings is 1. The summed E-state index contributed by atoms with van der Waals surface area (Å²) in [6.07, 6.45) is 5.57. The number of hydrogen-bond acceptors (Lipinski definition) is 5. The summed E-state index contributed by atoms with van der Waals surface area (Å²) >= 11 is 0. The number of nitrogens with zero attached hydrogens (tertiary/aromatic N) is 5. The smallest absolute Gasteiger partial charge is 0.253 e. The second-order valence-electron chi connectivity index (χ2n) is 8.49. The molecule has 0 saturated carbocycles. The highest BCUT2D eigenvalue weighted by Gasteiger charge is 2.24. The van der Waals surface area contributed by atoms with Crippen molar-refractivity contribution < 1.29 is 4.79 Å². The Morgan fingerprint density at radius 3 is 2.09 bits per heavy atom. The first-order valence-corrected chi connectivity index (χ1v) is 11.6. The van der Waals surface area contributed by atoms with Gasteiger partial charge in [-0.05, 0) is 48.6 Å². The number of piperidine rings is 1. The van der Waals surface area contributed by atoms with Crippen molar-refractivity contribution in [3.8, 4) is 11.1 Å². The molecule has 2 fully saturated rings. The molecule has 6 nitrogen and oxygen atoms in total. The van der Waals surface area contributed by atoms with Crippen LogP contribution < -0.4 is 9.80 Å². The molecular formula is C26H29N5O. The Morgan fingerprint density at radius 1 is 0.688 bits per heavy atom. The van der Waals surface area contributed by atoms with Crippen molar-refractivity contribution in [1.82, 2.24) is 14.9 Å². The number of carbonyl (C=O) groups is 1. The van der Waals surface area contributed by atoms with E-state index in [1.165, 1.54) is 19.3 Å². The SMILES string of the molecule is O=C(c1ccc(-c2ccccc2)cc1)N1CCN(c2ccnc(N3CCCCC3)n2)CC1.